The third-order valence-corrected chi connectivity index (χ3v) is 4.12. The van der Waals surface area contributed by atoms with E-state index in [-0.39, 0.29) is 0 Å². The number of nitrogen functional groups attached to an aromatic ring is 1. The highest BCUT2D eigenvalue weighted by Gasteiger charge is 2.09. The van der Waals surface area contributed by atoms with E-state index in [1.807, 2.05) is 43.3 Å². The quantitative estimate of drug-likeness (QED) is 0.663. The summed E-state index contributed by atoms with van der Waals surface area (Å²) >= 11 is 7.64. The zero-order chi connectivity index (χ0) is 12.7. The van der Waals surface area contributed by atoms with Crippen LogP contribution in [0.25, 0.3) is 20.8 Å². The summed E-state index contributed by atoms with van der Waals surface area (Å²) in [7, 11) is 0. The minimum Gasteiger partial charge on any atom is -0.399 e. The molecule has 3 aromatic rings. The Labute approximate surface area is 114 Å². The summed E-state index contributed by atoms with van der Waals surface area (Å²) in [5, 5.41) is 1.75. The van der Waals surface area contributed by atoms with Crippen LogP contribution in [0.4, 0.5) is 5.69 Å². The fourth-order valence-electron chi connectivity index (χ4n) is 1.94. The van der Waals surface area contributed by atoms with Crippen molar-refractivity contribution in [3.05, 3.63) is 47.0 Å². The Morgan fingerprint density at radius 3 is 2.78 bits per heavy atom. The van der Waals surface area contributed by atoms with E-state index in [9.17, 15) is 0 Å². The molecule has 0 atom stereocenters. The van der Waals surface area contributed by atoms with E-state index < -0.39 is 0 Å². The zero-order valence-electron chi connectivity index (χ0n) is 9.77. The molecule has 0 amide bonds. The third-order valence-electron chi connectivity index (χ3n) is 2.83. The first-order valence-corrected chi connectivity index (χ1v) is 6.75. The highest BCUT2D eigenvalue weighted by molar-refractivity contribution is 7.21. The van der Waals surface area contributed by atoms with Crippen molar-refractivity contribution in [2.75, 3.05) is 5.73 Å². The Kier molecular flexibility index (Phi) is 2.73. The van der Waals surface area contributed by atoms with Crippen LogP contribution in [0.1, 0.15) is 5.56 Å². The van der Waals surface area contributed by atoms with Crippen molar-refractivity contribution in [1.29, 1.82) is 0 Å². The molecule has 0 aliphatic rings. The molecular weight excluding hydrogens is 264 g/mol. The van der Waals surface area contributed by atoms with E-state index in [2.05, 4.69) is 4.98 Å². The lowest BCUT2D eigenvalue weighted by atomic mass is 10.1. The number of rotatable bonds is 1. The molecule has 2 nitrogen and oxygen atoms in total. The zero-order valence-corrected chi connectivity index (χ0v) is 11.3. The highest BCUT2D eigenvalue weighted by Crippen LogP contribution is 2.33. The number of aromatic nitrogens is 1. The van der Waals surface area contributed by atoms with Gasteiger partial charge in [-0.15, -0.1) is 11.3 Å². The first-order chi connectivity index (χ1) is 8.63. The van der Waals surface area contributed by atoms with Crippen molar-refractivity contribution in [3.8, 4) is 10.6 Å². The molecule has 2 aromatic carbocycles. The average Bonchev–Trinajstić information content (AvgIpc) is 2.71. The smallest absolute Gasteiger partial charge is 0.124 e. The molecule has 0 spiro atoms. The summed E-state index contributed by atoms with van der Waals surface area (Å²) in [6.07, 6.45) is 0. The van der Waals surface area contributed by atoms with E-state index in [1.165, 1.54) is 0 Å². The van der Waals surface area contributed by atoms with Gasteiger partial charge in [0.2, 0.25) is 0 Å². The van der Waals surface area contributed by atoms with Gasteiger partial charge >= 0.3 is 0 Å². The van der Waals surface area contributed by atoms with Crippen LogP contribution in [-0.4, -0.2) is 4.98 Å². The van der Waals surface area contributed by atoms with Gasteiger partial charge in [0, 0.05) is 16.3 Å². The molecule has 90 valence electrons. The minimum absolute atomic E-state index is 0.742. The molecule has 0 aliphatic carbocycles. The summed E-state index contributed by atoms with van der Waals surface area (Å²) in [6, 6.07) is 11.7. The lowest BCUT2D eigenvalue weighted by Crippen LogP contribution is -1.87. The Morgan fingerprint density at radius 1 is 1.17 bits per heavy atom. The van der Waals surface area contributed by atoms with Crippen LogP contribution >= 0.6 is 22.9 Å². The summed E-state index contributed by atoms with van der Waals surface area (Å²) in [4.78, 5) is 4.63. The predicted molar refractivity (Wildman–Crippen MR) is 79.2 cm³/mol. The number of hydrogen-bond donors (Lipinski definition) is 1. The van der Waals surface area contributed by atoms with Gasteiger partial charge in [-0.1, -0.05) is 11.6 Å². The number of nitrogens with zero attached hydrogens (tertiary/aromatic N) is 1. The van der Waals surface area contributed by atoms with Gasteiger partial charge in [-0.3, -0.25) is 0 Å². The topological polar surface area (TPSA) is 38.9 Å². The summed E-state index contributed by atoms with van der Waals surface area (Å²) in [6.45, 7) is 2.05. The van der Waals surface area contributed by atoms with E-state index in [0.717, 1.165) is 37.1 Å². The Morgan fingerprint density at radius 2 is 2.00 bits per heavy atom. The molecule has 0 unspecified atom stereocenters. The number of benzene rings is 2. The number of nitrogens with two attached hydrogens (primary N) is 1. The Bertz CT molecular complexity index is 734. The van der Waals surface area contributed by atoms with Crippen molar-refractivity contribution >= 4 is 38.8 Å². The van der Waals surface area contributed by atoms with Gasteiger partial charge in [-0.25, -0.2) is 4.98 Å². The molecule has 0 saturated heterocycles. The highest BCUT2D eigenvalue weighted by atomic mass is 35.5. The minimum atomic E-state index is 0.742. The van der Waals surface area contributed by atoms with Crippen molar-refractivity contribution < 1.29 is 0 Å². The first kappa shape index (κ1) is 11.5. The van der Waals surface area contributed by atoms with Crippen LogP contribution in [0.2, 0.25) is 5.02 Å². The van der Waals surface area contributed by atoms with E-state index in [4.69, 9.17) is 17.3 Å². The second-order valence-corrected chi connectivity index (χ2v) is 5.67. The molecule has 2 N–H and O–H groups in total. The Hall–Kier alpha value is -1.58. The molecule has 4 heteroatoms. The fourth-order valence-corrected chi connectivity index (χ4v) is 3.27. The summed E-state index contributed by atoms with van der Waals surface area (Å²) in [5.74, 6) is 0. The predicted octanol–water partition coefficient (Wildman–Crippen LogP) is 4.51. The summed E-state index contributed by atoms with van der Waals surface area (Å²) in [5.41, 5.74) is 9.79. The van der Waals surface area contributed by atoms with Crippen LogP contribution in [-0.2, 0) is 0 Å². The molecule has 1 heterocycles. The van der Waals surface area contributed by atoms with Gasteiger partial charge in [0.15, 0.2) is 0 Å². The molecule has 0 radical (unpaired) electrons. The lowest BCUT2D eigenvalue weighted by Gasteiger charge is -2.02. The van der Waals surface area contributed by atoms with Gasteiger partial charge in [0.1, 0.15) is 5.01 Å². The van der Waals surface area contributed by atoms with Crippen molar-refractivity contribution in [3.63, 3.8) is 0 Å². The number of halogens is 1. The van der Waals surface area contributed by atoms with Gasteiger partial charge in [-0.05, 0) is 48.9 Å². The number of fused-ring (bicyclic) bond motifs is 1. The monoisotopic (exact) mass is 274 g/mol. The van der Waals surface area contributed by atoms with Crippen molar-refractivity contribution in [2.24, 2.45) is 0 Å². The van der Waals surface area contributed by atoms with E-state index >= 15 is 0 Å². The largest absolute Gasteiger partial charge is 0.399 e. The molecule has 0 fully saturated rings. The molecule has 3 rings (SSSR count). The number of anilines is 1. The average molecular weight is 275 g/mol. The summed E-state index contributed by atoms with van der Waals surface area (Å²) < 4.78 is 1.11. The second kappa shape index (κ2) is 4.26. The maximum absolute atomic E-state index is 5.99. The van der Waals surface area contributed by atoms with E-state index in [0.29, 0.717) is 0 Å². The molecule has 18 heavy (non-hydrogen) atoms. The third kappa shape index (κ3) is 1.96. The lowest BCUT2D eigenvalue weighted by molar-refractivity contribution is 1.41. The number of hydrogen-bond acceptors (Lipinski definition) is 3. The maximum Gasteiger partial charge on any atom is 0.124 e. The van der Waals surface area contributed by atoms with Crippen LogP contribution < -0.4 is 5.73 Å². The standard InChI is InChI=1S/C14H11ClN2S/c1-8-6-10(16)3-4-11(8)14-17-12-5-2-9(15)7-13(12)18-14/h2-7H,16H2,1H3. The van der Waals surface area contributed by atoms with Crippen LogP contribution in [0.3, 0.4) is 0 Å². The molecule has 0 bridgehead atoms. The Balaban J connectivity index is 2.19. The van der Waals surface area contributed by atoms with Crippen molar-refractivity contribution in [2.45, 2.75) is 6.92 Å². The molecular formula is C14H11ClN2S. The normalized spacial score (nSPS) is 11.0. The fraction of sp³-hybridized carbons (Fsp3) is 0.0714. The first-order valence-electron chi connectivity index (χ1n) is 5.56. The van der Waals surface area contributed by atoms with Gasteiger partial charge in [0.05, 0.1) is 10.2 Å². The molecule has 0 saturated carbocycles. The van der Waals surface area contributed by atoms with Gasteiger partial charge < -0.3 is 5.73 Å². The molecule has 0 aliphatic heterocycles. The van der Waals surface area contributed by atoms with Crippen LogP contribution in [0.15, 0.2) is 36.4 Å². The second-order valence-electron chi connectivity index (χ2n) is 4.21. The molecule has 1 aromatic heterocycles. The number of aryl methyl sites for hydroxylation is 1. The number of thiazole rings is 1. The van der Waals surface area contributed by atoms with E-state index in [1.54, 1.807) is 11.3 Å². The van der Waals surface area contributed by atoms with Gasteiger partial charge in [0.25, 0.3) is 0 Å². The van der Waals surface area contributed by atoms with Crippen LogP contribution in [0.5, 0.6) is 0 Å². The van der Waals surface area contributed by atoms with Gasteiger partial charge in [-0.2, -0.15) is 0 Å². The SMILES string of the molecule is Cc1cc(N)ccc1-c1nc2ccc(Cl)cc2s1. The van der Waals surface area contributed by atoms with Crippen molar-refractivity contribution in [1.82, 2.24) is 4.98 Å². The maximum atomic E-state index is 5.99. The van der Waals surface area contributed by atoms with Crippen LogP contribution in [0, 0.1) is 6.92 Å².